The lowest BCUT2D eigenvalue weighted by Gasteiger charge is -2.09. The molecule has 28 heavy (non-hydrogen) atoms. The summed E-state index contributed by atoms with van der Waals surface area (Å²) in [5.41, 5.74) is 1.80. The van der Waals surface area contributed by atoms with Gasteiger partial charge in [0.1, 0.15) is 10.7 Å². The lowest BCUT2D eigenvalue weighted by molar-refractivity contribution is 0.105. The first-order chi connectivity index (χ1) is 13.5. The number of benzene rings is 1. The van der Waals surface area contributed by atoms with E-state index in [9.17, 15) is 9.59 Å². The predicted octanol–water partition coefficient (Wildman–Crippen LogP) is 0.392. The Kier molecular flexibility index (Phi) is 6.41. The van der Waals surface area contributed by atoms with Crippen LogP contribution in [0.5, 0.6) is 0 Å². The van der Waals surface area contributed by atoms with Crippen LogP contribution in [0.1, 0.15) is 16.7 Å². The molecule has 0 bridgehead atoms. The zero-order valence-electron chi connectivity index (χ0n) is 15.9. The summed E-state index contributed by atoms with van der Waals surface area (Å²) in [5, 5.41) is 0.373. The van der Waals surface area contributed by atoms with Crippen LogP contribution in [-0.2, 0) is 11.3 Å². The Morgan fingerprint density at radius 1 is 0.964 bits per heavy atom. The van der Waals surface area contributed by atoms with Crippen LogP contribution in [0, 0.1) is 0 Å². The van der Waals surface area contributed by atoms with E-state index in [4.69, 9.17) is 9.15 Å². The highest BCUT2D eigenvalue weighted by Gasteiger charge is 1.99. The van der Waals surface area contributed by atoms with Crippen LogP contribution in [0.25, 0.3) is 12.2 Å². The number of hydrogen-bond acceptors (Lipinski definition) is 5. The van der Waals surface area contributed by atoms with Gasteiger partial charge in [0.05, 0.1) is 25.7 Å². The molecule has 0 aliphatic rings. The maximum absolute atomic E-state index is 12.3. The molecule has 0 unspecified atom stereocenters. The van der Waals surface area contributed by atoms with Crippen molar-refractivity contribution in [3.05, 3.63) is 91.0 Å². The fourth-order valence-corrected chi connectivity index (χ4v) is 2.53. The van der Waals surface area contributed by atoms with Crippen molar-refractivity contribution in [2.75, 3.05) is 27.2 Å². The molecular weight excluding hydrogens is 358 g/mol. The summed E-state index contributed by atoms with van der Waals surface area (Å²) in [6, 6.07) is 9.34. The average molecular weight is 381 g/mol. The van der Waals surface area contributed by atoms with E-state index in [0.717, 1.165) is 17.7 Å². The van der Waals surface area contributed by atoms with Gasteiger partial charge in [-0.1, -0.05) is 24.3 Å². The lowest BCUT2D eigenvalue weighted by Crippen LogP contribution is -2.46. The molecule has 0 aliphatic carbocycles. The van der Waals surface area contributed by atoms with Crippen molar-refractivity contribution >= 4 is 12.2 Å². The van der Waals surface area contributed by atoms with Gasteiger partial charge in [0.15, 0.2) is 0 Å². The van der Waals surface area contributed by atoms with Gasteiger partial charge >= 0.3 is 0 Å². The molecule has 0 fully saturated rings. The summed E-state index contributed by atoms with van der Waals surface area (Å²) in [6.07, 6.45) is 6.18. The van der Waals surface area contributed by atoms with Crippen molar-refractivity contribution in [2.45, 2.75) is 6.61 Å². The fraction of sp³-hybridized carbons (Fsp3) is 0.238. The minimum Gasteiger partial charge on any atom is -0.472 e. The summed E-state index contributed by atoms with van der Waals surface area (Å²) in [4.78, 5) is 31.8. The molecule has 0 saturated carbocycles. The maximum atomic E-state index is 12.3. The van der Waals surface area contributed by atoms with Crippen molar-refractivity contribution in [3.63, 3.8) is 0 Å². The molecule has 3 rings (SSSR count). The number of rotatable bonds is 7. The van der Waals surface area contributed by atoms with Gasteiger partial charge < -0.3 is 24.0 Å². The van der Waals surface area contributed by atoms with Crippen molar-refractivity contribution in [1.82, 2.24) is 14.9 Å². The predicted molar refractivity (Wildman–Crippen MR) is 107 cm³/mol. The van der Waals surface area contributed by atoms with E-state index < -0.39 is 0 Å². The highest BCUT2D eigenvalue weighted by molar-refractivity contribution is 5.49. The highest BCUT2D eigenvalue weighted by Crippen LogP contribution is 2.06. The van der Waals surface area contributed by atoms with E-state index in [1.54, 1.807) is 18.2 Å². The molecule has 0 radical (unpaired) electrons. The average Bonchev–Trinajstić information content (AvgIpc) is 3.17. The molecule has 0 atom stereocenters. The first-order valence-corrected chi connectivity index (χ1v) is 8.91. The number of aromatic nitrogens is 2. The van der Waals surface area contributed by atoms with Crippen LogP contribution in [-0.4, -0.2) is 42.1 Å². The monoisotopic (exact) mass is 381 g/mol. The number of H-pyrrole nitrogens is 2. The molecule has 7 nitrogen and oxygen atoms in total. The second kappa shape index (κ2) is 9.16. The topological polar surface area (TPSA) is 91.3 Å². The van der Waals surface area contributed by atoms with Crippen LogP contribution in [0.3, 0.4) is 0 Å². The normalized spacial score (nSPS) is 12.8. The molecule has 2 heterocycles. The largest absolute Gasteiger partial charge is 0.472 e. The molecule has 0 amide bonds. The van der Waals surface area contributed by atoms with Crippen molar-refractivity contribution < 1.29 is 9.15 Å². The standard InChI is InChI=1S/C21H23N3O4/c1-24(2)8-10-28-13-16-5-3-15(4-6-16)11-18-20(25)23-19(21(26)22-18)12-17-7-9-27-14-17/h3-7,9,11-12,14H,8,10,13H2,1-2H3,(H,22,26)(H,23,25)/b18-11-,19-12-. The first-order valence-electron chi connectivity index (χ1n) is 8.91. The molecule has 0 saturated heterocycles. The van der Waals surface area contributed by atoms with Crippen LogP contribution in [0.4, 0.5) is 0 Å². The van der Waals surface area contributed by atoms with Crippen LogP contribution >= 0.6 is 0 Å². The van der Waals surface area contributed by atoms with Crippen LogP contribution in [0.2, 0.25) is 0 Å². The highest BCUT2D eigenvalue weighted by atomic mass is 16.5. The SMILES string of the molecule is CN(C)CCOCc1ccc(/C=c2\[nH]c(=O)/c(=C/c3ccoc3)[nH]c2=O)cc1. The molecule has 2 N–H and O–H groups in total. The molecule has 3 aromatic rings. The van der Waals surface area contributed by atoms with Gasteiger partial charge in [0.2, 0.25) is 0 Å². The van der Waals surface area contributed by atoms with E-state index >= 15 is 0 Å². The van der Waals surface area contributed by atoms with E-state index in [-0.39, 0.29) is 21.8 Å². The van der Waals surface area contributed by atoms with Gasteiger partial charge in [-0.2, -0.15) is 0 Å². The minimum absolute atomic E-state index is 0.175. The Balaban J connectivity index is 1.77. The number of hydrogen-bond donors (Lipinski definition) is 2. The van der Waals surface area contributed by atoms with Gasteiger partial charge in [-0.25, -0.2) is 0 Å². The molecular formula is C21H23N3O4. The number of likely N-dealkylation sites (N-methyl/N-ethyl adjacent to an activating group) is 1. The first kappa shape index (κ1) is 19.6. The smallest absolute Gasteiger partial charge is 0.272 e. The Labute approximate surface area is 161 Å². The second-order valence-electron chi connectivity index (χ2n) is 6.68. The van der Waals surface area contributed by atoms with Crippen molar-refractivity contribution in [1.29, 1.82) is 0 Å². The summed E-state index contributed by atoms with van der Waals surface area (Å²) < 4.78 is 10.6. The summed E-state index contributed by atoms with van der Waals surface area (Å²) >= 11 is 0. The third kappa shape index (κ3) is 5.42. The molecule has 7 heteroatoms. The van der Waals surface area contributed by atoms with Gasteiger partial charge in [0, 0.05) is 12.1 Å². The Morgan fingerprint density at radius 2 is 1.61 bits per heavy atom. The van der Waals surface area contributed by atoms with E-state index in [1.165, 1.54) is 12.5 Å². The quantitative estimate of drug-likeness (QED) is 0.578. The fourth-order valence-electron chi connectivity index (χ4n) is 2.53. The molecule has 0 spiro atoms. The number of nitrogens with one attached hydrogen (secondary N) is 2. The van der Waals surface area contributed by atoms with Crippen LogP contribution < -0.4 is 21.8 Å². The number of aromatic amines is 2. The lowest BCUT2D eigenvalue weighted by atomic mass is 10.1. The number of ether oxygens (including phenoxy) is 1. The van der Waals surface area contributed by atoms with E-state index in [1.807, 2.05) is 38.4 Å². The molecule has 2 aromatic heterocycles. The minimum atomic E-state index is -0.377. The zero-order valence-corrected chi connectivity index (χ0v) is 15.9. The summed E-state index contributed by atoms with van der Waals surface area (Å²) in [7, 11) is 4.00. The molecule has 0 aliphatic heterocycles. The van der Waals surface area contributed by atoms with Crippen molar-refractivity contribution in [2.24, 2.45) is 0 Å². The summed E-state index contributed by atoms with van der Waals surface area (Å²) in [6.45, 7) is 2.07. The van der Waals surface area contributed by atoms with Gasteiger partial charge in [-0.15, -0.1) is 0 Å². The Bertz CT molecular complexity index is 1120. The van der Waals surface area contributed by atoms with E-state index in [0.29, 0.717) is 18.8 Å². The molecule has 1 aromatic carbocycles. The van der Waals surface area contributed by atoms with Gasteiger partial charge in [0.25, 0.3) is 11.1 Å². The van der Waals surface area contributed by atoms with Gasteiger partial charge in [-0.05, 0) is 43.4 Å². The number of nitrogens with zero attached hydrogens (tertiary/aromatic N) is 1. The third-order valence-corrected chi connectivity index (χ3v) is 4.08. The second-order valence-corrected chi connectivity index (χ2v) is 6.68. The number of furan rings is 1. The van der Waals surface area contributed by atoms with Gasteiger partial charge in [-0.3, -0.25) is 9.59 Å². The molecule has 146 valence electrons. The Hall–Kier alpha value is -3.16. The van der Waals surface area contributed by atoms with Crippen molar-refractivity contribution in [3.8, 4) is 0 Å². The maximum Gasteiger partial charge on any atom is 0.272 e. The van der Waals surface area contributed by atoms with E-state index in [2.05, 4.69) is 14.9 Å². The zero-order chi connectivity index (χ0) is 19.9. The Morgan fingerprint density at radius 3 is 2.18 bits per heavy atom. The van der Waals surface area contributed by atoms with Crippen LogP contribution in [0.15, 0.2) is 56.9 Å². The third-order valence-electron chi connectivity index (χ3n) is 4.08. The summed E-state index contributed by atoms with van der Waals surface area (Å²) in [5.74, 6) is 0.